The topological polar surface area (TPSA) is 137 Å². The van der Waals surface area contributed by atoms with Crippen molar-refractivity contribution < 1.29 is 22.3 Å². The maximum absolute atomic E-state index is 14.6. The van der Waals surface area contributed by atoms with Gasteiger partial charge in [0.1, 0.15) is 27.6 Å². The number of methoxy groups -OCH3 is 1. The number of nitrogens with two attached hydrogens (primary N) is 1. The van der Waals surface area contributed by atoms with Gasteiger partial charge in [0.2, 0.25) is 5.88 Å². The number of carbonyl (C=O) groups excluding carboxylic acids is 1. The van der Waals surface area contributed by atoms with E-state index < -0.39 is 31.7 Å². The molecule has 0 amide bonds. The molecule has 1 atom stereocenters. The Balaban J connectivity index is 1.95. The monoisotopic (exact) mass is 435 g/mol. The van der Waals surface area contributed by atoms with Crippen molar-refractivity contribution in [3.63, 3.8) is 0 Å². The Morgan fingerprint density at radius 1 is 1.20 bits per heavy atom. The Bertz CT molecular complexity index is 1130. The van der Waals surface area contributed by atoms with Crippen LogP contribution in [0, 0.1) is 5.82 Å². The van der Waals surface area contributed by atoms with Gasteiger partial charge in [-0.05, 0) is 26.8 Å². The summed E-state index contributed by atoms with van der Waals surface area (Å²) in [7, 11) is -2.28. The van der Waals surface area contributed by atoms with Crippen molar-refractivity contribution in [3.8, 4) is 5.88 Å². The van der Waals surface area contributed by atoms with Gasteiger partial charge in [-0.25, -0.2) is 22.8 Å². The molecule has 0 saturated carbocycles. The summed E-state index contributed by atoms with van der Waals surface area (Å²) in [6.45, 7) is 4.42. The van der Waals surface area contributed by atoms with Crippen molar-refractivity contribution in [1.82, 2.24) is 15.0 Å². The van der Waals surface area contributed by atoms with Gasteiger partial charge in [-0.2, -0.15) is 0 Å². The van der Waals surface area contributed by atoms with Crippen LogP contribution in [0.15, 0.2) is 29.6 Å². The average Bonchev–Trinajstić information content (AvgIpc) is 2.67. The lowest BCUT2D eigenvalue weighted by Gasteiger charge is -2.37. The fourth-order valence-electron chi connectivity index (χ4n) is 3.09. The minimum Gasteiger partial charge on any atom is -0.480 e. The van der Waals surface area contributed by atoms with Gasteiger partial charge < -0.3 is 10.5 Å². The molecule has 2 aromatic rings. The number of hydrogen-bond acceptors (Lipinski definition) is 9. The summed E-state index contributed by atoms with van der Waals surface area (Å²) < 4.78 is 43.7. The lowest BCUT2D eigenvalue weighted by atomic mass is 9.93. The number of aromatic nitrogens is 3. The van der Waals surface area contributed by atoms with Gasteiger partial charge in [0.05, 0.1) is 37.9 Å². The van der Waals surface area contributed by atoms with Crippen LogP contribution in [0.3, 0.4) is 0 Å². The zero-order valence-electron chi connectivity index (χ0n) is 17.0. The second-order valence-corrected chi connectivity index (χ2v) is 10.3. The zero-order chi connectivity index (χ0) is 22.3. The Morgan fingerprint density at radius 2 is 1.90 bits per heavy atom. The quantitative estimate of drug-likeness (QED) is 0.692. The number of halogens is 1. The van der Waals surface area contributed by atoms with E-state index in [4.69, 9.17) is 10.5 Å². The molecule has 9 nitrogen and oxygen atoms in total. The van der Waals surface area contributed by atoms with E-state index in [1.54, 1.807) is 0 Å². The highest BCUT2D eigenvalue weighted by atomic mass is 32.2. The molecule has 0 bridgehead atoms. The van der Waals surface area contributed by atoms with Crippen molar-refractivity contribution in [2.45, 2.75) is 37.5 Å². The number of ether oxygens (including phenoxy) is 1. The Labute approximate surface area is 173 Å². The van der Waals surface area contributed by atoms with E-state index in [1.165, 1.54) is 46.3 Å². The molecule has 0 radical (unpaired) electrons. The normalized spacial score (nSPS) is 22.2. The Kier molecular flexibility index (Phi) is 5.35. The Morgan fingerprint density at radius 3 is 2.47 bits per heavy atom. The SMILES string of the molecule is COc1cnc(C(=O)Cc2cc([C@]3(C)CS(=O)(=O)C(C)(C)C(N)=N3)c(F)cn2)cn1. The molecule has 3 heterocycles. The number of aliphatic imine (C=N–C) groups is 1. The zero-order valence-corrected chi connectivity index (χ0v) is 17.8. The van der Waals surface area contributed by atoms with Gasteiger partial charge in [0, 0.05) is 11.3 Å². The molecule has 160 valence electrons. The minimum absolute atomic E-state index is 0.00291. The predicted molar refractivity (Wildman–Crippen MR) is 108 cm³/mol. The third-order valence-corrected chi connectivity index (χ3v) is 7.90. The predicted octanol–water partition coefficient (Wildman–Crippen LogP) is 1.22. The Hall–Kier alpha value is -2.95. The summed E-state index contributed by atoms with van der Waals surface area (Å²) in [5.41, 5.74) is 4.82. The molecule has 1 aliphatic heterocycles. The maximum Gasteiger partial charge on any atom is 0.232 e. The molecular formula is C19H22FN5O4S. The highest BCUT2D eigenvalue weighted by Crippen LogP contribution is 2.37. The first-order chi connectivity index (χ1) is 13.9. The molecule has 2 aromatic heterocycles. The second kappa shape index (κ2) is 7.38. The van der Waals surface area contributed by atoms with Crippen molar-refractivity contribution >= 4 is 21.5 Å². The summed E-state index contributed by atoms with van der Waals surface area (Å²) in [6.07, 6.45) is 3.35. The summed E-state index contributed by atoms with van der Waals surface area (Å²) in [5.74, 6) is -1.38. The molecule has 0 fully saturated rings. The van der Waals surface area contributed by atoms with Crippen molar-refractivity contribution in [1.29, 1.82) is 0 Å². The van der Waals surface area contributed by atoms with Gasteiger partial charge in [-0.1, -0.05) is 0 Å². The van der Waals surface area contributed by atoms with E-state index in [2.05, 4.69) is 19.9 Å². The van der Waals surface area contributed by atoms with Gasteiger partial charge >= 0.3 is 0 Å². The number of carbonyl (C=O) groups is 1. The number of ketones is 1. The molecule has 2 N–H and O–H groups in total. The number of sulfone groups is 1. The van der Waals surface area contributed by atoms with Gasteiger partial charge in [0.25, 0.3) is 0 Å². The second-order valence-electron chi connectivity index (χ2n) is 7.74. The fourth-order valence-corrected chi connectivity index (χ4v) is 4.78. The molecule has 0 saturated heterocycles. The number of amidine groups is 1. The number of hydrogen-bond donors (Lipinski definition) is 1. The molecule has 0 aliphatic carbocycles. The number of nitrogens with zero attached hydrogens (tertiary/aromatic N) is 4. The van der Waals surface area contributed by atoms with E-state index in [9.17, 15) is 17.6 Å². The highest BCUT2D eigenvalue weighted by Gasteiger charge is 2.49. The van der Waals surface area contributed by atoms with E-state index in [0.717, 1.165) is 6.20 Å². The molecule has 0 aromatic carbocycles. The van der Waals surface area contributed by atoms with Crippen LogP contribution in [0.4, 0.5) is 4.39 Å². The third kappa shape index (κ3) is 3.76. The molecule has 11 heteroatoms. The van der Waals surface area contributed by atoms with Gasteiger partial charge in [-0.15, -0.1) is 0 Å². The lowest BCUT2D eigenvalue weighted by molar-refractivity contribution is 0.0986. The van der Waals surface area contributed by atoms with E-state index in [-0.39, 0.29) is 40.9 Å². The molecular weight excluding hydrogens is 413 g/mol. The number of pyridine rings is 1. The summed E-state index contributed by atoms with van der Waals surface area (Å²) in [6, 6.07) is 1.34. The molecule has 0 unspecified atom stereocenters. The van der Waals surface area contributed by atoms with Crippen LogP contribution >= 0.6 is 0 Å². The van der Waals surface area contributed by atoms with Crippen molar-refractivity contribution in [2.24, 2.45) is 10.7 Å². The van der Waals surface area contributed by atoms with Crippen LogP contribution in [0.25, 0.3) is 0 Å². The van der Waals surface area contributed by atoms with Gasteiger partial charge in [-0.3, -0.25) is 14.8 Å². The van der Waals surface area contributed by atoms with Crippen LogP contribution in [0.1, 0.15) is 42.5 Å². The first kappa shape index (κ1) is 21.8. The first-order valence-corrected chi connectivity index (χ1v) is 10.7. The number of Topliss-reactive ketones (excluding diaryl/α,β-unsaturated/α-hetero) is 1. The van der Waals surface area contributed by atoms with Crippen molar-refractivity contribution in [3.05, 3.63) is 47.4 Å². The smallest absolute Gasteiger partial charge is 0.232 e. The number of rotatable bonds is 5. The van der Waals surface area contributed by atoms with Crippen LogP contribution in [0.2, 0.25) is 0 Å². The highest BCUT2D eigenvalue weighted by molar-refractivity contribution is 7.93. The van der Waals surface area contributed by atoms with Gasteiger partial charge in [0.15, 0.2) is 15.6 Å². The average molecular weight is 435 g/mol. The van der Waals surface area contributed by atoms with Crippen LogP contribution < -0.4 is 10.5 Å². The fraction of sp³-hybridized carbons (Fsp3) is 0.421. The van der Waals surface area contributed by atoms with E-state index >= 15 is 0 Å². The summed E-state index contributed by atoms with van der Waals surface area (Å²) in [4.78, 5) is 28.7. The van der Waals surface area contributed by atoms with Crippen LogP contribution in [-0.4, -0.2) is 52.6 Å². The standard InChI is InChI=1S/C19H22FN5O4S/c1-18(2)17(21)25-19(3,10-30(18,27)28)12-5-11(22-7-13(12)20)6-15(26)14-8-24-16(29-4)9-23-14/h5,7-9H,6,10H2,1-4H3,(H2,21,25)/t19-/m0/s1. The molecule has 30 heavy (non-hydrogen) atoms. The molecule has 0 spiro atoms. The van der Waals surface area contributed by atoms with Crippen molar-refractivity contribution in [2.75, 3.05) is 12.9 Å². The first-order valence-electron chi connectivity index (χ1n) is 9.02. The molecule has 3 rings (SSSR count). The lowest BCUT2D eigenvalue weighted by Crippen LogP contribution is -2.55. The third-order valence-electron chi connectivity index (χ3n) is 5.19. The van der Waals surface area contributed by atoms with E-state index in [0.29, 0.717) is 0 Å². The van der Waals surface area contributed by atoms with Crippen LogP contribution in [-0.2, 0) is 21.8 Å². The van der Waals surface area contributed by atoms with Crippen LogP contribution in [0.5, 0.6) is 5.88 Å². The largest absolute Gasteiger partial charge is 0.480 e. The summed E-state index contributed by atoms with van der Waals surface area (Å²) >= 11 is 0. The molecule has 1 aliphatic rings. The minimum atomic E-state index is -3.71. The maximum atomic E-state index is 14.6. The van der Waals surface area contributed by atoms with E-state index in [1.807, 2.05) is 0 Å². The summed E-state index contributed by atoms with van der Waals surface area (Å²) in [5, 5.41) is 0.